The van der Waals surface area contributed by atoms with E-state index in [1.54, 1.807) is 0 Å². The van der Waals surface area contributed by atoms with Crippen LogP contribution in [0.3, 0.4) is 0 Å². The molecule has 3 heteroatoms. The van der Waals surface area contributed by atoms with Crippen molar-refractivity contribution < 1.29 is 14.6 Å². The standard InChI is InChI=1S/C27H42O3/c1-17-9-13-27(29-16-17)22(15-28)24-23(30-27)14-21-19-8-7-18-6-4-5-11-25(18,2)20(19)10-12-26(21,24)3/h15,17-21,23-24,28H,4-14,16H2,1-3H3/t17?,18?,19-,20+,21+,23+,24+,25+,26+,27-/m1/s1. The Morgan fingerprint density at radius 2 is 1.80 bits per heavy atom. The number of hydrogen-bond donors (Lipinski definition) is 1. The van der Waals surface area contributed by atoms with E-state index in [1.165, 1.54) is 64.0 Å². The Hall–Kier alpha value is -0.540. The van der Waals surface area contributed by atoms with Gasteiger partial charge in [0.25, 0.3) is 0 Å². The summed E-state index contributed by atoms with van der Waals surface area (Å²) in [7, 11) is 0. The monoisotopic (exact) mass is 414 g/mol. The Morgan fingerprint density at radius 1 is 0.933 bits per heavy atom. The number of rotatable bonds is 0. The summed E-state index contributed by atoms with van der Waals surface area (Å²) in [5.74, 6) is 3.80. The molecule has 0 radical (unpaired) electrons. The molecule has 2 aliphatic heterocycles. The first-order valence-corrected chi connectivity index (χ1v) is 13.1. The Kier molecular flexibility index (Phi) is 4.51. The van der Waals surface area contributed by atoms with Crippen molar-refractivity contribution in [3.8, 4) is 0 Å². The van der Waals surface area contributed by atoms with E-state index >= 15 is 0 Å². The SMILES string of the molecule is CC1CC[C@@]2(OC1)O[C@H]1C[C@H]3[C@@H]4CCC5CCCC[C@]5(C)[C@H]4CC[C@]3(C)[C@H]1C2=CO. The van der Waals surface area contributed by atoms with E-state index in [2.05, 4.69) is 20.8 Å². The fraction of sp³-hybridized carbons (Fsp3) is 0.926. The Morgan fingerprint density at radius 3 is 2.57 bits per heavy atom. The van der Waals surface area contributed by atoms with Gasteiger partial charge in [0.2, 0.25) is 0 Å². The normalized spacial score (nSPS) is 58.9. The minimum absolute atomic E-state index is 0.238. The van der Waals surface area contributed by atoms with Crippen LogP contribution in [0.5, 0.6) is 0 Å². The van der Waals surface area contributed by atoms with Crippen LogP contribution in [0.2, 0.25) is 0 Å². The molecule has 4 saturated carbocycles. The molecule has 0 aromatic carbocycles. The smallest absolute Gasteiger partial charge is 0.194 e. The maximum Gasteiger partial charge on any atom is 0.194 e. The van der Waals surface area contributed by atoms with Crippen LogP contribution in [0.15, 0.2) is 11.8 Å². The molecule has 168 valence electrons. The highest BCUT2D eigenvalue weighted by Gasteiger charge is 2.68. The van der Waals surface area contributed by atoms with Crippen LogP contribution in [-0.2, 0) is 9.47 Å². The van der Waals surface area contributed by atoms with Crippen molar-refractivity contribution in [2.45, 2.75) is 103 Å². The van der Waals surface area contributed by atoms with Crippen molar-refractivity contribution in [1.29, 1.82) is 0 Å². The van der Waals surface area contributed by atoms with Crippen molar-refractivity contribution >= 4 is 0 Å². The lowest BCUT2D eigenvalue weighted by atomic mass is 9.44. The lowest BCUT2D eigenvalue weighted by Gasteiger charge is -2.60. The summed E-state index contributed by atoms with van der Waals surface area (Å²) in [6.07, 6.45) is 16.3. The largest absolute Gasteiger partial charge is 0.515 e. The Balaban J connectivity index is 1.30. The van der Waals surface area contributed by atoms with Gasteiger partial charge >= 0.3 is 0 Å². The second kappa shape index (κ2) is 6.73. The van der Waals surface area contributed by atoms with Gasteiger partial charge in [0.05, 0.1) is 19.0 Å². The van der Waals surface area contributed by atoms with Crippen molar-refractivity contribution in [3.63, 3.8) is 0 Å². The first-order valence-electron chi connectivity index (χ1n) is 13.1. The summed E-state index contributed by atoms with van der Waals surface area (Å²) in [6.45, 7) is 8.21. The van der Waals surface area contributed by atoms with Gasteiger partial charge in [0.15, 0.2) is 5.79 Å². The fourth-order valence-corrected chi connectivity index (χ4v) is 9.87. The molecule has 0 aromatic heterocycles. The summed E-state index contributed by atoms with van der Waals surface area (Å²) in [4.78, 5) is 0. The zero-order chi connectivity index (χ0) is 20.7. The third-order valence-electron chi connectivity index (χ3n) is 11.4. The highest BCUT2D eigenvalue weighted by Crippen LogP contribution is 2.71. The number of hydrogen-bond acceptors (Lipinski definition) is 3. The van der Waals surface area contributed by atoms with Crippen molar-refractivity contribution in [3.05, 3.63) is 11.8 Å². The molecule has 4 aliphatic carbocycles. The molecule has 2 unspecified atom stereocenters. The van der Waals surface area contributed by atoms with E-state index in [0.29, 0.717) is 17.3 Å². The summed E-state index contributed by atoms with van der Waals surface area (Å²) in [5, 5.41) is 10.4. The predicted molar refractivity (Wildman–Crippen MR) is 118 cm³/mol. The zero-order valence-electron chi connectivity index (χ0n) is 19.4. The van der Waals surface area contributed by atoms with E-state index in [0.717, 1.165) is 48.7 Å². The van der Waals surface area contributed by atoms with Gasteiger partial charge in [-0.25, -0.2) is 0 Å². The van der Waals surface area contributed by atoms with Crippen LogP contribution in [0.25, 0.3) is 0 Å². The van der Waals surface area contributed by atoms with Gasteiger partial charge < -0.3 is 14.6 Å². The molecular formula is C27H42O3. The molecule has 6 fully saturated rings. The van der Waals surface area contributed by atoms with E-state index < -0.39 is 5.79 Å². The molecule has 1 N–H and O–H groups in total. The van der Waals surface area contributed by atoms with Gasteiger partial charge in [0.1, 0.15) is 0 Å². The van der Waals surface area contributed by atoms with Crippen molar-refractivity contribution in [1.82, 2.24) is 0 Å². The van der Waals surface area contributed by atoms with Crippen LogP contribution in [-0.4, -0.2) is 23.6 Å². The first kappa shape index (κ1) is 20.1. The van der Waals surface area contributed by atoms with Gasteiger partial charge in [-0.15, -0.1) is 0 Å². The van der Waals surface area contributed by atoms with Gasteiger partial charge in [-0.2, -0.15) is 0 Å². The Labute approximate surface area is 183 Å². The van der Waals surface area contributed by atoms with Crippen LogP contribution in [0.4, 0.5) is 0 Å². The zero-order valence-corrected chi connectivity index (χ0v) is 19.4. The molecule has 3 nitrogen and oxygen atoms in total. The molecule has 6 rings (SSSR count). The number of aliphatic hydroxyl groups excluding tert-OH is 1. The molecule has 6 aliphatic rings. The summed E-state index contributed by atoms with van der Waals surface area (Å²) in [6, 6.07) is 0. The average Bonchev–Trinajstić information content (AvgIpc) is 3.20. The second-order valence-corrected chi connectivity index (χ2v) is 12.6. The molecule has 1 spiro atoms. The number of aliphatic hydroxyl groups is 1. The minimum Gasteiger partial charge on any atom is -0.515 e. The van der Waals surface area contributed by atoms with Crippen LogP contribution >= 0.6 is 0 Å². The average molecular weight is 415 g/mol. The molecule has 2 saturated heterocycles. The van der Waals surface area contributed by atoms with Crippen molar-refractivity contribution in [2.75, 3.05) is 6.61 Å². The molecule has 0 aromatic rings. The third-order valence-corrected chi connectivity index (χ3v) is 11.4. The molecule has 2 heterocycles. The molecule has 10 atom stereocenters. The lowest BCUT2D eigenvalue weighted by molar-refractivity contribution is -0.238. The maximum absolute atomic E-state index is 10.4. The van der Waals surface area contributed by atoms with Crippen LogP contribution < -0.4 is 0 Å². The summed E-state index contributed by atoms with van der Waals surface area (Å²) < 4.78 is 13.1. The van der Waals surface area contributed by atoms with Crippen molar-refractivity contribution in [2.24, 2.45) is 46.3 Å². The minimum atomic E-state index is -0.631. The highest BCUT2D eigenvalue weighted by molar-refractivity contribution is 5.30. The van der Waals surface area contributed by atoms with Crippen LogP contribution in [0.1, 0.15) is 91.4 Å². The van der Waals surface area contributed by atoms with Gasteiger partial charge in [-0.3, -0.25) is 0 Å². The quantitative estimate of drug-likeness (QED) is 0.452. The second-order valence-electron chi connectivity index (χ2n) is 12.6. The predicted octanol–water partition coefficient (Wildman–Crippen LogP) is 6.63. The van der Waals surface area contributed by atoms with E-state index in [-0.39, 0.29) is 11.5 Å². The third kappa shape index (κ3) is 2.51. The molecule has 30 heavy (non-hydrogen) atoms. The van der Waals surface area contributed by atoms with E-state index in [4.69, 9.17) is 9.47 Å². The molecule has 0 bridgehead atoms. The summed E-state index contributed by atoms with van der Waals surface area (Å²) >= 11 is 0. The summed E-state index contributed by atoms with van der Waals surface area (Å²) in [5.41, 5.74) is 1.93. The first-order chi connectivity index (χ1) is 14.4. The maximum atomic E-state index is 10.4. The Bertz CT molecular complexity index is 722. The van der Waals surface area contributed by atoms with Gasteiger partial charge in [0, 0.05) is 17.9 Å². The highest BCUT2D eigenvalue weighted by atomic mass is 16.7. The van der Waals surface area contributed by atoms with E-state index in [9.17, 15) is 5.11 Å². The lowest BCUT2D eigenvalue weighted by Crippen LogP contribution is -2.53. The van der Waals surface area contributed by atoms with Crippen LogP contribution in [0, 0.1) is 46.3 Å². The number of ether oxygens (including phenoxy) is 2. The number of fused-ring (bicyclic) bond motifs is 7. The topological polar surface area (TPSA) is 38.7 Å². The van der Waals surface area contributed by atoms with Gasteiger partial charge in [-0.1, -0.05) is 33.6 Å². The molecular weight excluding hydrogens is 372 g/mol. The van der Waals surface area contributed by atoms with E-state index in [1.807, 2.05) is 0 Å². The van der Waals surface area contributed by atoms with Gasteiger partial charge in [-0.05, 0) is 91.8 Å². The fourth-order valence-electron chi connectivity index (χ4n) is 9.87. The molecule has 0 amide bonds.